The fourth-order valence-corrected chi connectivity index (χ4v) is 3.75. The summed E-state index contributed by atoms with van der Waals surface area (Å²) in [4.78, 5) is 14.7. The molecule has 0 spiro atoms. The SMILES string of the molecule is COC(=O)C1c2ccc(C)cc2N(C)C2CCNCC12. The van der Waals surface area contributed by atoms with E-state index in [0.29, 0.717) is 6.04 Å². The minimum Gasteiger partial charge on any atom is -0.469 e. The van der Waals surface area contributed by atoms with E-state index in [2.05, 4.69) is 42.4 Å². The number of hydrogen-bond acceptors (Lipinski definition) is 4. The highest BCUT2D eigenvalue weighted by Gasteiger charge is 2.44. The number of carbonyl (C=O) groups excluding carboxylic acids is 1. The van der Waals surface area contributed by atoms with Crippen molar-refractivity contribution in [3.8, 4) is 0 Å². The van der Waals surface area contributed by atoms with Crippen molar-refractivity contribution in [3.05, 3.63) is 29.3 Å². The van der Waals surface area contributed by atoms with Gasteiger partial charge in [0, 0.05) is 31.2 Å². The van der Waals surface area contributed by atoms with Gasteiger partial charge in [-0.15, -0.1) is 0 Å². The molecule has 0 aromatic heterocycles. The third-order valence-electron chi connectivity index (χ3n) is 4.77. The van der Waals surface area contributed by atoms with Gasteiger partial charge in [0.05, 0.1) is 13.0 Å². The fraction of sp³-hybridized carbons (Fsp3) is 0.562. The minimum atomic E-state index is -0.149. The van der Waals surface area contributed by atoms with Crippen LogP contribution in [0, 0.1) is 12.8 Å². The third kappa shape index (κ3) is 1.99. The molecule has 0 bridgehead atoms. The van der Waals surface area contributed by atoms with Gasteiger partial charge in [-0.2, -0.15) is 0 Å². The third-order valence-corrected chi connectivity index (χ3v) is 4.77. The van der Waals surface area contributed by atoms with Gasteiger partial charge in [-0.05, 0) is 37.1 Å². The van der Waals surface area contributed by atoms with Crippen LogP contribution in [0.2, 0.25) is 0 Å². The average molecular weight is 274 g/mol. The first kappa shape index (κ1) is 13.4. The summed E-state index contributed by atoms with van der Waals surface area (Å²) in [6.45, 7) is 3.98. The van der Waals surface area contributed by atoms with Crippen molar-refractivity contribution in [2.45, 2.75) is 25.3 Å². The molecule has 108 valence electrons. The molecule has 3 atom stereocenters. The Balaban J connectivity index is 2.11. The first-order valence-corrected chi connectivity index (χ1v) is 7.25. The zero-order valence-corrected chi connectivity index (χ0v) is 12.3. The van der Waals surface area contributed by atoms with Gasteiger partial charge in [0.15, 0.2) is 0 Å². The van der Waals surface area contributed by atoms with Crippen LogP contribution in [0.3, 0.4) is 0 Å². The molecule has 1 aromatic rings. The summed E-state index contributed by atoms with van der Waals surface area (Å²) in [7, 11) is 3.63. The summed E-state index contributed by atoms with van der Waals surface area (Å²) >= 11 is 0. The number of aryl methyl sites for hydroxylation is 1. The van der Waals surface area contributed by atoms with Gasteiger partial charge in [-0.25, -0.2) is 0 Å². The normalized spacial score (nSPS) is 28.6. The zero-order chi connectivity index (χ0) is 14.3. The first-order chi connectivity index (χ1) is 9.63. The topological polar surface area (TPSA) is 41.6 Å². The Morgan fingerprint density at radius 2 is 2.25 bits per heavy atom. The highest BCUT2D eigenvalue weighted by molar-refractivity contribution is 5.83. The fourth-order valence-electron chi connectivity index (χ4n) is 3.75. The number of esters is 1. The molecule has 1 aromatic carbocycles. The lowest BCUT2D eigenvalue weighted by Crippen LogP contribution is -2.54. The number of carbonyl (C=O) groups is 1. The van der Waals surface area contributed by atoms with Crippen LogP contribution in [0.25, 0.3) is 0 Å². The van der Waals surface area contributed by atoms with Crippen LogP contribution >= 0.6 is 0 Å². The molecule has 3 unspecified atom stereocenters. The molecule has 2 heterocycles. The summed E-state index contributed by atoms with van der Waals surface area (Å²) in [5.41, 5.74) is 3.52. The highest BCUT2D eigenvalue weighted by Crippen LogP contribution is 2.44. The van der Waals surface area contributed by atoms with E-state index in [4.69, 9.17) is 4.74 Å². The molecular formula is C16H22N2O2. The second kappa shape index (κ2) is 5.09. The molecule has 2 aliphatic heterocycles. The Morgan fingerprint density at radius 3 is 3.00 bits per heavy atom. The van der Waals surface area contributed by atoms with Gasteiger partial charge in [0.25, 0.3) is 0 Å². The van der Waals surface area contributed by atoms with E-state index in [-0.39, 0.29) is 17.8 Å². The van der Waals surface area contributed by atoms with Crippen molar-refractivity contribution in [1.82, 2.24) is 5.32 Å². The molecule has 20 heavy (non-hydrogen) atoms. The molecule has 1 N–H and O–H groups in total. The Hall–Kier alpha value is -1.55. The maximum Gasteiger partial charge on any atom is 0.313 e. The Labute approximate surface area is 120 Å². The number of rotatable bonds is 1. The van der Waals surface area contributed by atoms with E-state index in [0.717, 1.165) is 25.1 Å². The van der Waals surface area contributed by atoms with E-state index in [1.165, 1.54) is 18.4 Å². The number of benzene rings is 1. The summed E-state index contributed by atoms with van der Waals surface area (Å²) < 4.78 is 5.08. The van der Waals surface area contributed by atoms with Gasteiger partial charge < -0.3 is 15.0 Å². The van der Waals surface area contributed by atoms with Crippen LogP contribution in [0.1, 0.15) is 23.5 Å². The lowest BCUT2D eigenvalue weighted by molar-refractivity contribution is -0.144. The van der Waals surface area contributed by atoms with Gasteiger partial charge in [-0.1, -0.05) is 12.1 Å². The predicted molar refractivity (Wildman–Crippen MR) is 79.1 cm³/mol. The number of ether oxygens (including phenoxy) is 1. The Kier molecular flexibility index (Phi) is 3.42. The van der Waals surface area contributed by atoms with Gasteiger partial charge in [-0.3, -0.25) is 4.79 Å². The molecule has 4 heteroatoms. The Morgan fingerprint density at radius 1 is 1.45 bits per heavy atom. The van der Waals surface area contributed by atoms with Crippen molar-refractivity contribution in [3.63, 3.8) is 0 Å². The minimum absolute atomic E-state index is 0.109. The molecular weight excluding hydrogens is 252 g/mol. The summed E-state index contributed by atoms with van der Waals surface area (Å²) in [5, 5.41) is 3.42. The number of hydrogen-bond donors (Lipinski definition) is 1. The van der Waals surface area contributed by atoms with E-state index >= 15 is 0 Å². The van der Waals surface area contributed by atoms with E-state index in [9.17, 15) is 4.79 Å². The van der Waals surface area contributed by atoms with Crippen LogP contribution < -0.4 is 10.2 Å². The molecule has 1 saturated heterocycles. The average Bonchev–Trinajstić information content (AvgIpc) is 2.48. The number of piperidine rings is 1. The van der Waals surface area contributed by atoms with E-state index in [1.807, 2.05) is 0 Å². The van der Waals surface area contributed by atoms with Crippen molar-refractivity contribution in [2.75, 3.05) is 32.1 Å². The van der Waals surface area contributed by atoms with Crippen LogP contribution in [0.15, 0.2) is 18.2 Å². The van der Waals surface area contributed by atoms with Crippen molar-refractivity contribution >= 4 is 11.7 Å². The van der Waals surface area contributed by atoms with Gasteiger partial charge in [0.2, 0.25) is 0 Å². The first-order valence-electron chi connectivity index (χ1n) is 7.25. The molecule has 3 rings (SSSR count). The van der Waals surface area contributed by atoms with E-state index < -0.39 is 0 Å². The number of fused-ring (bicyclic) bond motifs is 2. The monoisotopic (exact) mass is 274 g/mol. The second-order valence-electron chi connectivity index (χ2n) is 5.90. The largest absolute Gasteiger partial charge is 0.469 e. The summed E-state index contributed by atoms with van der Waals surface area (Å²) in [6.07, 6.45) is 1.07. The molecule has 0 radical (unpaired) electrons. The van der Waals surface area contributed by atoms with Gasteiger partial charge >= 0.3 is 5.97 Å². The number of nitrogens with zero attached hydrogens (tertiary/aromatic N) is 1. The Bertz CT molecular complexity index is 529. The maximum absolute atomic E-state index is 12.3. The number of anilines is 1. The van der Waals surface area contributed by atoms with Crippen molar-refractivity contribution in [2.24, 2.45) is 5.92 Å². The standard InChI is InChI=1S/C16H22N2O2/c1-10-4-5-11-14(8-10)18(2)13-6-7-17-9-12(13)15(11)16(19)20-3/h4-5,8,12-13,15,17H,6-7,9H2,1-3H3. The van der Waals surface area contributed by atoms with Crippen LogP contribution in [-0.2, 0) is 9.53 Å². The van der Waals surface area contributed by atoms with Crippen LogP contribution in [0.4, 0.5) is 5.69 Å². The molecule has 0 amide bonds. The number of methoxy groups -OCH3 is 1. The molecule has 0 saturated carbocycles. The van der Waals surface area contributed by atoms with Crippen molar-refractivity contribution < 1.29 is 9.53 Å². The van der Waals surface area contributed by atoms with Crippen LogP contribution in [-0.4, -0.2) is 39.3 Å². The quantitative estimate of drug-likeness (QED) is 0.791. The second-order valence-corrected chi connectivity index (χ2v) is 5.90. The summed E-state index contributed by atoms with van der Waals surface area (Å²) in [5.74, 6) is 0.0305. The lowest BCUT2D eigenvalue weighted by Gasteiger charge is -2.47. The lowest BCUT2D eigenvalue weighted by atomic mass is 9.73. The predicted octanol–water partition coefficient (Wildman–Crippen LogP) is 1.68. The maximum atomic E-state index is 12.3. The smallest absolute Gasteiger partial charge is 0.313 e. The molecule has 0 aliphatic carbocycles. The summed E-state index contributed by atoms with van der Waals surface area (Å²) in [6, 6.07) is 6.77. The molecule has 2 aliphatic rings. The highest BCUT2D eigenvalue weighted by atomic mass is 16.5. The van der Waals surface area contributed by atoms with Crippen LogP contribution in [0.5, 0.6) is 0 Å². The zero-order valence-electron chi connectivity index (χ0n) is 12.3. The van der Waals surface area contributed by atoms with Gasteiger partial charge in [0.1, 0.15) is 0 Å². The van der Waals surface area contributed by atoms with E-state index in [1.54, 1.807) is 0 Å². The molecule has 1 fully saturated rings. The van der Waals surface area contributed by atoms with Crippen molar-refractivity contribution in [1.29, 1.82) is 0 Å². The number of nitrogens with one attached hydrogen (secondary N) is 1. The molecule has 4 nitrogen and oxygen atoms in total.